The summed E-state index contributed by atoms with van der Waals surface area (Å²) in [5.41, 5.74) is 9.00. The quantitative estimate of drug-likeness (QED) is 0.651. The molecule has 0 atom stereocenters. The van der Waals surface area contributed by atoms with E-state index in [-0.39, 0.29) is 12.5 Å². The first-order chi connectivity index (χ1) is 10.1. The Morgan fingerprint density at radius 1 is 1.29 bits per heavy atom. The number of aryl methyl sites for hydroxylation is 1. The topological polar surface area (TPSA) is 58.4 Å². The van der Waals surface area contributed by atoms with Crippen molar-refractivity contribution in [3.63, 3.8) is 0 Å². The lowest BCUT2D eigenvalue weighted by molar-refractivity contribution is -0.116. The van der Waals surface area contributed by atoms with Crippen LogP contribution in [0.3, 0.4) is 0 Å². The number of primary amides is 1. The van der Waals surface area contributed by atoms with E-state index in [9.17, 15) is 4.79 Å². The van der Waals surface area contributed by atoms with Crippen molar-refractivity contribution in [3.8, 4) is 0 Å². The normalized spacial score (nSPS) is 10.6. The maximum absolute atomic E-state index is 11.2. The van der Waals surface area contributed by atoms with E-state index in [2.05, 4.69) is 49.2 Å². The van der Waals surface area contributed by atoms with Crippen LogP contribution in [0, 0.1) is 6.92 Å². The standard InChI is InChI=1S/C17H29N3O/c1-4-6-10-20(13-17(18)21)16-8-7-15(14(3)11-16)12-19-9-5-2/h7-8,11,19H,4-6,9-10,12-13H2,1-3H3,(H2,18,21). The second kappa shape index (κ2) is 9.40. The first-order valence-electron chi connectivity index (χ1n) is 7.92. The number of hydrogen-bond donors (Lipinski definition) is 2. The molecule has 0 spiro atoms. The number of hydrogen-bond acceptors (Lipinski definition) is 3. The third kappa shape index (κ3) is 6.17. The molecule has 0 aliphatic heterocycles. The molecule has 0 aliphatic carbocycles. The fourth-order valence-corrected chi connectivity index (χ4v) is 2.31. The van der Waals surface area contributed by atoms with E-state index in [1.54, 1.807) is 0 Å². The van der Waals surface area contributed by atoms with Crippen molar-refractivity contribution < 1.29 is 4.79 Å². The van der Waals surface area contributed by atoms with Gasteiger partial charge in [0.25, 0.3) is 0 Å². The molecule has 21 heavy (non-hydrogen) atoms. The molecular formula is C17H29N3O. The number of nitrogens with one attached hydrogen (secondary N) is 1. The zero-order valence-electron chi connectivity index (χ0n) is 13.6. The summed E-state index contributed by atoms with van der Waals surface area (Å²) in [4.78, 5) is 13.3. The fraction of sp³-hybridized carbons (Fsp3) is 0.588. The summed E-state index contributed by atoms with van der Waals surface area (Å²) < 4.78 is 0. The number of benzene rings is 1. The van der Waals surface area contributed by atoms with Gasteiger partial charge in [0.1, 0.15) is 0 Å². The average molecular weight is 291 g/mol. The van der Waals surface area contributed by atoms with Crippen LogP contribution in [-0.2, 0) is 11.3 Å². The van der Waals surface area contributed by atoms with Crippen molar-refractivity contribution in [2.24, 2.45) is 5.73 Å². The third-order valence-electron chi connectivity index (χ3n) is 3.56. The van der Waals surface area contributed by atoms with Crippen molar-refractivity contribution in [2.75, 3.05) is 24.5 Å². The number of anilines is 1. The Balaban J connectivity index is 2.79. The van der Waals surface area contributed by atoms with E-state index in [1.807, 2.05) is 0 Å². The number of carbonyl (C=O) groups is 1. The van der Waals surface area contributed by atoms with Gasteiger partial charge in [-0.2, -0.15) is 0 Å². The predicted octanol–water partition coefficient (Wildman–Crippen LogP) is 2.59. The van der Waals surface area contributed by atoms with E-state index in [4.69, 9.17) is 5.73 Å². The van der Waals surface area contributed by atoms with E-state index in [0.717, 1.165) is 44.6 Å². The van der Waals surface area contributed by atoms with Gasteiger partial charge in [-0.05, 0) is 49.6 Å². The maximum Gasteiger partial charge on any atom is 0.236 e. The van der Waals surface area contributed by atoms with Crippen LogP contribution in [0.4, 0.5) is 5.69 Å². The van der Waals surface area contributed by atoms with E-state index in [1.165, 1.54) is 11.1 Å². The Morgan fingerprint density at radius 3 is 2.62 bits per heavy atom. The van der Waals surface area contributed by atoms with E-state index < -0.39 is 0 Å². The number of amides is 1. The van der Waals surface area contributed by atoms with Gasteiger partial charge in [-0.3, -0.25) is 4.79 Å². The van der Waals surface area contributed by atoms with Crippen molar-refractivity contribution in [2.45, 2.75) is 46.6 Å². The lowest BCUT2D eigenvalue weighted by Gasteiger charge is -2.24. The molecule has 0 aromatic heterocycles. The number of unbranched alkanes of at least 4 members (excludes halogenated alkanes) is 1. The molecule has 0 saturated carbocycles. The summed E-state index contributed by atoms with van der Waals surface area (Å²) in [6.45, 7) is 9.51. The minimum atomic E-state index is -0.280. The van der Waals surface area contributed by atoms with Crippen LogP contribution in [0.15, 0.2) is 18.2 Å². The average Bonchev–Trinajstić information content (AvgIpc) is 2.45. The smallest absolute Gasteiger partial charge is 0.236 e. The second-order valence-electron chi connectivity index (χ2n) is 5.53. The van der Waals surface area contributed by atoms with Crippen molar-refractivity contribution in [1.82, 2.24) is 5.32 Å². The third-order valence-corrected chi connectivity index (χ3v) is 3.56. The summed E-state index contributed by atoms with van der Waals surface area (Å²) in [5, 5.41) is 3.42. The van der Waals surface area contributed by atoms with Gasteiger partial charge in [0.15, 0.2) is 0 Å². The zero-order chi connectivity index (χ0) is 15.7. The Kier molecular flexibility index (Phi) is 7.83. The summed E-state index contributed by atoms with van der Waals surface area (Å²) in [5.74, 6) is -0.280. The van der Waals surface area contributed by atoms with Gasteiger partial charge in [-0.15, -0.1) is 0 Å². The molecule has 0 heterocycles. The summed E-state index contributed by atoms with van der Waals surface area (Å²) in [7, 11) is 0. The summed E-state index contributed by atoms with van der Waals surface area (Å²) in [6.07, 6.45) is 3.31. The summed E-state index contributed by atoms with van der Waals surface area (Å²) >= 11 is 0. The SMILES string of the molecule is CCCCN(CC(N)=O)c1ccc(CNCCC)c(C)c1. The molecule has 1 aromatic carbocycles. The van der Waals surface area contributed by atoms with Crippen LogP contribution in [-0.4, -0.2) is 25.5 Å². The highest BCUT2D eigenvalue weighted by Crippen LogP contribution is 2.20. The van der Waals surface area contributed by atoms with Crippen molar-refractivity contribution >= 4 is 11.6 Å². The highest BCUT2D eigenvalue weighted by atomic mass is 16.1. The van der Waals surface area contributed by atoms with Crippen LogP contribution < -0.4 is 16.0 Å². The summed E-state index contributed by atoms with van der Waals surface area (Å²) in [6, 6.07) is 6.39. The first-order valence-corrected chi connectivity index (χ1v) is 7.92. The van der Waals surface area contributed by atoms with Crippen LogP contribution in [0.25, 0.3) is 0 Å². The van der Waals surface area contributed by atoms with E-state index >= 15 is 0 Å². The number of nitrogens with two attached hydrogens (primary N) is 1. The molecular weight excluding hydrogens is 262 g/mol. The Labute approximate surface area is 128 Å². The molecule has 3 N–H and O–H groups in total. The minimum Gasteiger partial charge on any atom is -0.368 e. The monoisotopic (exact) mass is 291 g/mol. The molecule has 4 heteroatoms. The van der Waals surface area contributed by atoms with Crippen LogP contribution in [0.2, 0.25) is 0 Å². The zero-order valence-corrected chi connectivity index (χ0v) is 13.6. The molecule has 0 bridgehead atoms. The lowest BCUT2D eigenvalue weighted by Crippen LogP contribution is -2.34. The minimum absolute atomic E-state index is 0.280. The molecule has 1 amide bonds. The highest BCUT2D eigenvalue weighted by molar-refractivity contribution is 5.79. The van der Waals surface area contributed by atoms with Crippen molar-refractivity contribution in [3.05, 3.63) is 29.3 Å². The molecule has 0 saturated heterocycles. The first kappa shape index (κ1) is 17.5. The number of rotatable bonds is 10. The van der Waals surface area contributed by atoms with Crippen LogP contribution in [0.1, 0.15) is 44.2 Å². The van der Waals surface area contributed by atoms with Gasteiger partial charge in [-0.1, -0.05) is 26.3 Å². The number of carbonyl (C=O) groups excluding carboxylic acids is 1. The Bertz CT molecular complexity index is 446. The molecule has 1 aromatic rings. The van der Waals surface area contributed by atoms with Gasteiger partial charge < -0.3 is 16.0 Å². The van der Waals surface area contributed by atoms with Gasteiger partial charge in [0.2, 0.25) is 5.91 Å². The van der Waals surface area contributed by atoms with Gasteiger partial charge in [-0.25, -0.2) is 0 Å². The van der Waals surface area contributed by atoms with Gasteiger partial charge in [0, 0.05) is 18.8 Å². The molecule has 0 fully saturated rings. The predicted molar refractivity (Wildman–Crippen MR) is 89.5 cm³/mol. The Hall–Kier alpha value is -1.55. The molecule has 118 valence electrons. The van der Waals surface area contributed by atoms with Crippen molar-refractivity contribution in [1.29, 1.82) is 0 Å². The molecule has 0 radical (unpaired) electrons. The Morgan fingerprint density at radius 2 is 2.05 bits per heavy atom. The van der Waals surface area contributed by atoms with E-state index in [0.29, 0.717) is 0 Å². The largest absolute Gasteiger partial charge is 0.368 e. The molecule has 4 nitrogen and oxygen atoms in total. The van der Waals surface area contributed by atoms with Gasteiger partial charge in [0.05, 0.1) is 6.54 Å². The van der Waals surface area contributed by atoms with Crippen LogP contribution >= 0.6 is 0 Å². The second-order valence-corrected chi connectivity index (χ2v) is 5.53. The highest BCUT2D eigenvalue weighted by Gasteiger charge is 2.10. The van der Waals surface area contributed by atoms with Gasteiger partial charge >= 0.3 is 0 Å². The van der Waals surface area contributed by atoms with Crippen LogP contribution in [0.5, 0.6) is 0 Å². The molecule has 1 rings (SSSR count). The molecule has 0 unspecified atom stereocenters. The maximum atomic E-state index is 11.2. The number of nitrogens with zero attached hydrogens (tertiary/aromatic N) is 1. The molecule has 0 aliphatic rings. The fourth-order valence-electron chi connectivity index (χ4n) is 2.31. The lowest BCUT2D eigenvalue weighted by atomic mass is 10.1.